The van der Waals surface area contributed by atoms with Crippen molar-refractivity contribution in [3.8, 4) is 0 Å². The SMILES string of the molecule is Brc1ccc(CCNCC2CCc3ccccc3C2)cc1. The first-order valence-corrected chi connectivity index (χ1v) is 8.62. The molecule has 1 aliphatic carbocycles. The second-order valence-corrected chi connectivity index (χ2v) is 6.87. The minimum Gasteiger partial charge on any atom is -0.316 e. The molecule has 21 heavy (non-hydrogen) atoms. The van der Waals surface area contributed by atoms with Crippen molar-refractivity contribution in [3.63, 3.8) is 0 Å². The van der Waals surface area contributed by atoms with Crippen LogP contribution in [0, 0.1) is 5.92 Å². The first-order chi connectivity index (χ1) is 10.3. The second-order valence-electron chi connectivity index (χ2n) is 5.96. The molecule has 1 nitrogen and oxygen atoms in total. The Hall–Kier alpha value is -1.12. The van der Waals surface area contributed by atoms with E-state index in [4.69, 9.17) is 0 Å². The molecular weight excluding hydrogens is 322 g/mol. The normalized spacial score (nSPS) is 17.5. The largest absolute Gasteiger partial charge is 0.316 e. The molecule has 0 heterocycles. The summed E-state index contributed by atoms with van der Waals surface area (Å²) in [5, 5.41) is 3.64. The molecule has 2 heteroatoms. The molecule has 110 valence electrons. The first-order valence-electron chi connectivity index (χ1n) is 7.83. The van der Waals surface area contributed by atoms with Crippen LogP contribution in [-0.4, -0.2) is 13.1 Å². The highest BCUT2D eigenvalue weighted by molar-refractivity contribution is 9.10. The van der Waals surface area contributed by atoms with E-state index >= 15 is 0 Å². The summed E-state index contributed by atoms with van der Waals surface area (Å²) >= 11 is 3.48. The Labute approximate surface area is 135 Å². The number of hydrogen-bond donors (Lipinski definition) is 1. The lowest BCUT2D eigenvalue weighted by molar-refractivity contribution is 0.426. The maximum Gasteiger partial charge on any atom is 0.0175 e. The maximum absolute atomic E-state index is 3.64. The van der Waals surface area contributed by atoms with Gasteiger partial charge in [0.25, 0.3) is 0 Å². The predicted molar refractivity (Wildman–Crippen MR) is 92.7 cm³/mol. The number of hydrogen-bond acceptors (Lipinski definition) is 1. The quantitative estimate of drug-likeness (QED) is 0.794. The molecule has 0 bridgehead atoms. The third-order valence-corrected chi connectivity index (χ3v) is 4.91. The summed E-state index contributed by atoms with van der Waals surface area (Å²) in [6.45, 7) is 2.21. The fraction of sp³-hybridized carbons (Fsp3) is 0.368. The zero-order valence-corrected chi connectivity index (χ0v) is 13.9. The van der Waals surface area contributed by atoms with Crippen LogP contribution >= 0.6 is 15.9 Å². The summed E-state index contributed by atoms with van der Waals surface area (Å²) in [7, 11) is 0. The summed E-state index contributed by atoms with van der Waals surface area (Å²) in [5.74, 6) is 0.796. The molecule has 1 aliphatic rings. The van der Waals surface area contributed by atoms with E-state index in [1.807, 2.05) is 0 Å². The van der Waals surface area contributed by atoms with Gasteiger partial charge in [-0.1, -0.05) is 52.3 Å². The van der Waals surface area contributed by atoms with Crippen molar-refractivity contribution in [2.45, 2.75) is 25.7 Å². The first kappa shape index (κ1) is 14.8. The lowest BCUT2D eigenvalue weighted by Gasteiger charge is -2.24. The Balaban J connectivity index is 1.41. The number of aryl methyl sites for hydroxylation is 1. The highest BCUT2D eigenvalue weighted by Gasteiger charge is 2.17. The maximum atomic E-state index is 3.64. The molecule has 2 aromatic carbocycles. The fourth-order valence-electron chi connectivity index (χ4n) is 3.14. The van der Waals surface area contributed by atoms with Crippen molar-refractivity contribution in [3.05, 3.63) is 69.7 Å². The fourth-order valence-corrected chi connectivity index (χ4v) is 3.40. The predicted octanol–water partition coefficient (Wildman–Crippen LogP) is 4.39. The molecule has 1 atom stereocenters. The summed E-state index contributed by atoms with van der Waals surface area (Å²) in [4.78, 5) is 0. The highest BCUT2D eigenvalue weighted by Crippen LogP contribution is 2.24. The Kier molecular flexibility index (Phi) is 5.10. The Morgan fingerprint density at radius 2 is 1.76 bits per heavy atom. The molecule has 0 aliphatic heterocycles. The molecule has 2 aromatic rings. The number of halogens is 1. The van der Waals surface area contributed by atoms with Gasteiger partial charge in [-0.25, -0.2) is 0 Å². The molecule has 0 radical (unpaired) electrons. The van der Waals surface area contributed by atoms with Crippen LogP contribution in [0.1, 0.15) is 23.1 Å². The molecule has 0 spiro atoms. The molecular formula is C19H22BrN. The van der Waals surface area contributed by atoms with Gasteiger partial charge in [-0.2, -0.15) is 0 Å². The Morgan fingerprint density at radius 3 is 2.57 bits per heavy atom. The highest BCUT2D eigenvalue weighted by atomic mass is 79.9. The zero-order valence-electron chi connectivity index (χ0n) is 12.3. The molecule has 1 N–H and O–H groups in total. The van der Waals surface area contributed by atoms with Crippen LogP contribution in [0.2, 0.25) is 0 Å². The second kappa shape index (κ2) is 7.24. The van der Waals surface area contributed by atoms with Crippen molar-refractivity contribution < 1.29 is 0 Å². The third kappa shape index (κ3) is 4.18. The number of rotatable bonds is 5. The van der Waals surface area contributed by atoms with Crippen LogP contribution < -0.4 is 5.32 Å². The molecule has 3 rings (SSSR count). The number of fused-ring (bicyclic) bond motifs is 1. The van der Waals surface area contributed by atoms with E-state index < -0.39 is 0 Å². The summed E-state index contributed by atoms with van der Waals surface area (Å²) in [6.07, 6.45) is 4.91. The summed E-state index contributed by atoms with van der Waals surface area (Å²) in [5.41, 5.74) is 4.52. The van der Waals surface area contributed by atoms with Crippen LogP contribution in [0.3, 0.4) is 0 Å². The monoisotopic (exact) mass is 343 g/mol. The van der Waals surface area contributed by atoms with E-state index in [0.29, 0.717) is 0 Å². The standard InChI is InChI=1S/C19H22BrN/c20-19-9-6-15(7-10-19)11-12-21-14-16-5-8-17-3-1-2-4-18(17)13-16/h1-4,6-7,9-10,16,21H,5,8,11-14H2. The third-order valence-electron chi connectivity index (χ3n) is 4.39. The van der Waals surface area contributed by atoms with Gasteiger partial charge in [-0.3, -0.25) is 0 Å². The summed E-state index contributed by atoms with van der Waals surface area (Å²) < 4.78 is 1.15. The van der Waals surface area contributed by atoms with E-state index in [2.05, 4.69) is 69.8 Å². The minimum absolute atomic E-state index is 0.796. The van der Waals surface area contributed by atoms with Gasteiger partial charge >= 0.3 is 0 Å². The van der Waals surface area contributed by atoms with Crippen molar-refractivity contribution in [2.75, 3.05) is 13.1 Å². The Bertz CT molecular complexity index is 576. The average Bonchev–Trinajstić information content (AvgIpc) is 2.53. The van der Waals surface area contributed by atoms with Crippen molar-refractivity contribution in [2.24, 2.45) is 5.92 Å². The molecule has 0 saturated carbocycles. The van der Waals surface area contributed by atoms with E-state index in [1.54, 1.807) is 11.1 Å². The van der Waals surface area contributed by atoms with Gasteiger partial charge in [0.05, 0.1) is 0 Å². The zero-order chi connectivity index (χ0) is 14.5. The van der Waals surface area contributed by atoms with Gasteiger partial charge in [-0.15, -0.1) is 0 Å². The van der Waals surface area contributed by atoms with Gasteiger partial charge < -0.3 is 5.32 Å². The topological polar surface area (TPSA) is 12.0 Å². The minimum atomic E-state index is 0.796. The van der Waals surface area contributed by atoms with E-state index in [-0.39, 0.29) is 0 Å². The number of benzene rings is 2. The lowest BCUT2D eigenvalue weighted by Crippen LogP contribution is -2.28. The molecule has 1 unspecified atom stereocenters. The van der Waals surface area contributed by atoms with Gasteiger partial charge in [0.2, 0.25) is 0 Å². The van der Waals surface area contributed by atoms with Gasteiger partial charge in [-0.05, 0) is 73.5 Å². The van der Waals surface area contributed by atoms with Gasteiger partial charge in [0.15, 0.2) is 0 Å². The van der Waals surface area contributed by atoms with Crippen LogP contribution in [-0.2, 0) is 19.3 Å². The van der Waals surface area contributed by atoms with Crippen LogP contribution in [0.5, 0.6) is 0 Å². The average molecular weight is 344 g/mol. The van der Waals surface area contributed by atoms with E-state index in [9.17, 15) is 0 Å². The van der Waals surface area contributed by atoms with Crippen LogP contribution in [0.15, 0.2) is 53.0 Å². The summed E-state index contributed by atoms with van der Waals surface area (Å²) in [6, 6.07) is 17.5. The van der Waals surface area contributed by atoms with Crippen LogP contribution in [0.4, 0.5) is 0 Å². The number of nitrogens with one attached hydrogen (secondary N) is 1. The van der Waals surface area contributed by atoms with Crippen molar-refractivity contribution in [1.82, 2.24) is 5.32 Å². The molecule has 0 saturated heterocycles. The Morgan fingerprint density at radius 1 is 1.00 bits per heavy atom. The molecule has 0 amide bonds. The molecule has 0 fully saturated rings. The van der Waals surface area contributed by atoms with E-state index in [1.165, 1.54) is 24.8 Å². The van der Waals surface area contributed by atoms with Crippen molar-refractivity contribution in [1.29, 1.82) is 0 Å². The van der Waals surface area contributed by atoms with Gasteiger partial charge in [0, 0.05) is 4.47 Å². The smallest absolute Gasteiger partial charge is 0.0175 e. The van der Waals surface area contributed by atoms with E-state index in [0.717, 1.165) is 29.9 Å². The molecule has 0 aromatic heterocycles. The van der Waals surface area contributed by atoms with Gasteiger partial charge in [0.1, 0.15) is 0 Å². The lowest BCUT2D eigenvalue weighted by atomic mass is 9.84. The van der Waals surface area contributed by atoms with Crippen LogP contribution in [0.25, 0.3) is 0 Å². The van der Waals surface area contributed by atoms with Crippen molar-refractivity contribution >= 4 is 15.9 Å².